The Morgan fingerprint density at radius 1 is 0.730 bits per heavy atom. The van der Waals surface area contributed by atoms with E-state index >= 15 is 0 Å². The molecule has 0 aliphatic heterocycles. The van der Waals surface area contributed by atoms with Crippen LogP contribution in [-0.2, 0) is 0 Å². The molecule has 5 rings (SSSR count). The van der Waals surface area contributed by atoms with E-state index in [0.29, 0.717) is 17.1 Å². The zero-order chi connectivity index (χ0) is 25.8. The van der Waals surface area contributed by atoms with Crippen molar-refractivity contribution in [3.63, 3.8) is 0 Å². The van der Waals surface area contributed by atoms with Crippen LogP contribution in [0.25, 0.3) is 22.9 Å². The summed E-state index contributed by atoms with van der Waals surface area (Å²) in [6, 6.07) is 30.0. The molecule has 1 fully saturated rings. The minimum atomic E-state index is 0.0508. The van der Waals surface area contributed by atoms with Crippen molar-refractivity contribution >= 4 is 28.7 Å². The Bertz CT molecular complexity index is 1380. The summed E-state index contributed by atoms with van der Waals surface area (Å²) in [5.41, 5.74) is 4.05. The van der Waals surface area contributed by atoms with Crippen molar-refractivity contribution in [1.82, 2.24) is 0 Å². The molecule has 37 heavy (non-hydrogen) atoms. The quantitative estimate of drug-likeness (QED) is 0.200. The first-order valence-corrected chi connectivity index (χ1v) is 13.4. The number of carbonyl (C=O) groups is 1. The van der Waals surface area contributed by atoms with Crippen LogP contribution in [0.3, 0.4) is 0 Å². The summed E-state index contributed by atoms with van der Waals surface area (Å²) >= 11 is 0. The topological polar surface area (TPSA) is 26.3 Å². The predicted molar refractivity (Wildman–Crippen MR) is 155 cm³/mol. The normalized spacial score (nSPS) is 18.2. The van der Waals surface area contributed by atoms with E-state index in [1.54, 1.807) is 0 Å². The average Bonchev–Trinajstić information content (AvgIpc) is 2.92. The molecule has 0 aromatic heterocycles. The SMILES string of the molecule is CC(C)(C)C1CCC(Oc2ccc(/C=C/c3ccc(C(=O)c4ccccc4)c4ccccc34)cc2)CC1. The van der Waals surface area contributed by atoms with Gasteiger partial charge in [0.2, 0.25) is 0 Å². The van der Waals surface area contributed by atoms with Crippen molar-refractivity contribution in [2.45, 2.75) is 52.6 Å². The van der Waals surface area contributed by atoms with Gasteiger partial charge in [0.15, 0.2) is 5.78 Å². The maximum absolute atomic E-state index is 13.2. The molecular weight excluding hydrogens is 452 g/mol. The highest BCUT2D eigenvalue weighted by Crippen LogP contribution is 2.38. The molecule has 0 amide bonds. The van der Waals surface area contributed by atoms with Gasteiger partial charge < -0.3 is 4.74 Å². The lowest BCUT2D eigenvalue weighted by Gasteiger charge is -2.36. The van der Waals surface area contributed by atoms with Gasteiger partial charge in [0, 0.05) is 11.1 Å². The number of hydrogen-bond donors (Lipinski definition) is 0. The Morgan fingerprint density at radius 2 is 1.38 bits per heavy atom. The smallest absolute Gasteiger partial charge is 0.193 e. The van der Waals surface area contributed by atoms with Gasteiger partial charge in [-0.05, 0) is 77.1 Å². The molecule has 0 saturated heterocycles. The van der Waals surface area contributed by atoms with Crippen LogP contribution in [-0.4, -0.2) is 11.9 Å². The Kier molecular flexibility index (Phi) is 7.28. The average molecular weight is 489 g/mol. The van der Waals surface area contributed by atoms with E-state index in [4.69, 9.17) is 4.74 Å². The Morgan fingerprint density at radius 3 is 2.05 bits per heavy atom. The van der Waals surface area contributed by atoms with Crippen LogP contribution in [0.1, 0.15) is 73.5 Å². The number of carbonyl (C=O) groups excluding carboxylic acids is 1. The van der Waals surface area contributed by atoms with Crippen LogP contribution in [0.15, 0.2) is 91.0 Å². The summed E-state index contributed by atoms with van der Waals surface area (Å²) < 4.78 is 6.31. The zero-order valence-electron chi connectivity index (χ0n) is 22.1. The van der Waals surface area contributed by atoms with E-state index in [1.807, 2.05) is 60.7 Å². The minimum absolute atomic E-state index is 0.0508. The van der Waals surface area contributed by atoms with Gasteiger partial charge in [-0.25, -0.2) is 0 Å². The fourth-order valence-corrected chi connectivity index (χ4v) is 5.49. The van der Waals surface area contributed by atoms with Crippen molar-refractivity contribution in [3.8, 4) is 5.75 Å². The van der Waals surface area contributed by atoms with E-state index in [-0.39, 0.29) is 5.78 Å². The van der Waals surface area contributed by atoms with E-state index in [1.165, 1.54) is 12.8 Å². The molecule has 188 valence electrons. The van der Waals surface area contributed by atoms with Gasteiger partial charge in [-0.1, -0.05) is 106 Å². The number of benzene rings is 4. The lowest BCUT2D eigenvalue weighted by Crippen LogP contribution is -2.30. The molecule has 1 aliphatic carbocycles. The number of fused-ring (bicyclic) bond motifs is 1. The number of rotatable bonds is 6. The van der Waals surface area contributed by atoms with E-state index < -0.39 is 0 Å². The number of hydrogen-bond acceptors (Lipinski definition) is 2. The van der Waals surface area contributed by atoms with E-state index in [0.717, 1.165) is 52.0 Å². The van der Waals surface area contributed by atoms with Crippen LogP contribution < -0.4 is 4.74 Å². The second kappa shape index (κ2) is 10.8. The largest absolute Gasteiger partial charge is 0.490 e. The molecule has 0 atom stereocenters. The van der Waals surface area contributed by atoms with Gasteiger partial charge in [-0.3, -0.25) is 4.79 Å². The summed E-state index contributed by atoms with van der Waals surface area (Å²) in [7, 11) is 0. The summed E-state index contributed by atoms with van der Waals surface area (Å²) in [5, 5.41) is 2.05. The minimum Gasteiger partial charge on any atom is -0.490 e. The standard InChI is InChI=1S/C35H36O2/c1-35(2,3)28-18-22-30(23-19-28)37-29-20-14-25(15-21-29)13-16-26-17-24-33(32-12-8-7-11-31(26)32)34(36)27-9-5-4-6-10-27/h4-17,20-21,24,28,30H,18-19,22-23H2,1-3H3/b16-13+. The molecule has 4 aromatic carbocycles. The van der Waals surface area contributed by atoms with Crippen LogP contribution in [0.2, 0.25) is 0 Å². The zero-order valence-corrected chi connectivity index (χ0v) is 22.1. The van der Waals surface area contributed by atoms with Crippen molar-refractivity contribution in [3.05, 3.63) is 113 Å². The molecule has 0 bridgehead atoms. The predicted octanol–water partition coefficient (Wildman–Crippen LogP) is 9.22. The van der Waals surface area contributed by atoms with Gasteiger partial charge in [-0.2, -0.15) is 0 Å². The second-order valence-electron chi connectivity index (χ2n) is 11.3. The highest BCUT2D eigenvalue weighted by atomic mass is 16.5. The first-order valence-electron chi connectivity index (χ1n) is 13.4. The third kappa shape index (κ3) is 5.85. The third-order valence-electron chi connectivity index (χ3n) is 7.78. The Hall–Kier alpha value is -3.65. The summed E-state index contributed by atoms with van der Waals surface area (Å²) in [6.07, 6.45) is 9.35. The molecule has 0 heterocycles. The van der Waals surface area contributed by atoms with E-state index in [9.17, 15) is 4.79 Å². The van der Waals surface area contributed by atoms with Crippen LogP contribution in [0.5, 0.6) is 5.75 Å². The molecule has 0 spiro atoms. The molecule has 0 radical (unpaired) electrons. The van der Waals surface area contributed by atoms with E-state index in [2.05, 4.69) is 63.3 Å². The van der Waals surface area contributed by atoms with Gasteiger partial charge >= 0.3 is 0 Å². The summed E-state index contributed by atoms with van der Waals surface area (Å²) in [6.45, 7) is 7.06. The van der Waals surface area contributed by atoms with Crippen molar-refractivity contribution in [1.29, 1.82) is 0 Å². The van der Waals surface area contributed by atoms with Crippen LogP contribution in [0, 0.1) is 11.3 Å². The maximum atomic E-state index is 13.2. The molecular formula is C35H36O2. The second-order valence-corrected chi connectivity index (χ2v) is 11.3. The molecule has 0 N–H and O–H groups in total. The van der Waals surface area contributed by atoms with Crippen LogP contribution in [0.4, 0.5) is 0 Å². The molecule has 2 heteroatoms. The third-order valence-corrected chi connectivity index (χ3v) is 7.78. The van der Waals surface area contributed by atoms with Crippen molar-refractivity contribution < 1.29 is 9.53 Å². The Balaban J connectivity index is 1.29. The molecule has 2 nitrogen and oxygen atoms in total. The summed E-state index contributed by atoms with van der Waals surface area (Å²) in [4.78, 5) is 13.2. The number of ether oxygens (including phenoxy) is 1. The van der Waals surface area contributed by atoms with Crippen LogP contribution >= 0.6 is 0 Å². The highest BCUT2D eigenvalue weighted by Gasteiger charge is 2.30. The number of ketones is 1. The lowest BCUT2D eigenvalue weighted by atomic mass is 9.72. The lowest BCUT2D eigenvalue weighted by molar-refractivity contribution is 0.0882. The first-order chi connectivity index (χ1) is 17.9. The van der Waals surface area contributed by atoms with Crippen molar-refractivity contribution in [2.75, 3.05) is 0 Å². The van der Waals surface area contributed by atoms with Gasteiger partial charge in [0.25, 0.3) is 0 Å². The summed E-state index contributed by atoms with van der Waals surface area (Å²) in [5.74, 6) is 1.79. The molecule has 4 aromatic rings. The van der Waals surface area contributed by atoms with Gasteiger partial charge in [-0.15, -0.1) is 0 Å². The fourth-order valence-electron chi connectivity index (χ4n) is 5.49. The monoisotopic (exact) mass is 488 g/mol. The van der Waals surface area contributed by atoms with Gasteiger partial charge in [0.05, 0.1) is 6.10 Å². The molecule has 1 aliphatic rings. The highest BCUT2D eigenvalue weighted by molar-refractivity contribution is 6.17. The van der Waals surface area contributed by atoms with Gasteiger partial charge in [0.1, 0.15) is 5.75 Å². The molecule has 0 unspecified atom stereocenters. The first kappa shape index (κ1) is 25.0. The molecule has 1 saturated carbocycles. The Labute approximate surface area is 221 Å². The van der Waals surface area contributed by atoms with Crippen molar-refractivity contribution in [2.24, 2.45) is 11.3 Å². The maximum Gasteiger partial charge on any atom is 0.193 e. The fraction of sp³-hybridized carbons (Fsp3) is 0.286.